The van der Waals surface area contributed by atoms with Crippen LogP contribution in [0.2, 0.25) is 0 Å². The van der Waals surface area contributed by atoms with Gasteiger partial charge >= 0.3 is 0 Å². The van der Waals surface area contributed by atoms with Crippen LogP contribution in [0.3, 0.4) is 0 Å². The highest BCUT2D eigenvalue weighted by molar-refractivity contribution is 5.82. The summed E-state index contributed by atoms with van der Waals surface area (Å²) in [6, 6.07) is 13.0. The Morgan fingerprint density at radius 2 is 2.00 bits per heavy atom. The molecule has 128 valence electrons. The summed E-state index contributed by atoms with van der Waals surface area (Å²) < 4.78 is 5.80. The van der Waals surface area contributed by atoms with Crippen LogP contribution in [0.15, 0.2) is 48.8 Å². The summed E-state index contributed by atoms with van der Waals surface area (Å²) in [6.07, 6.45) is 5.00. The third-order valence-corrected chi connectivity index (χ3v) is 4.42. The van der Waals surface area contributed by atoms with Gasteiger partial charge in [0.1, 0.15) is 5.75 Å². The molecule has 1 fully saturated rings. The van der Waals surface area contributed by atoms with Gasteiger partial charge in [0.15, 0.2) is 6.10 Å². The monoisotopic (exact) mass is 335 g/mol. The number of benzene rings is 1. The van der Waals surface area contributed by atoms with Crippen LogP contribution in [0.1, 0.15) is 43.9 Å². The molecule has 1 aromatic carbocycles. The SMILES string of the molecule is C[C@H](Oc1ccc(C#N)cc1)C(=O)N(C1CC1)[C@@H](C)c1cccnc1. The first-order chi connectivity index (χ1) is 12.1. The lowest BCUT2D eigenvalue weighted by molar-refractivity contribution is -0.141. The van der Waals surface area contributed by atoms with Crippen molar-refractivity contribution in [2.75, 3.05) is 0 Å². The van der Waals surface area contributed by atoms with Gasteiger partial charge in [-0.05, 0) is 62.6 Å². The van der Waals surface area contributed by atoms with Crippen LogP contribution in [-0.2, 0) is 4.79 Å². The Morgan fingerprint density at radius 1 is 1.28 bits per heavy atom. The molecule has 25 heavy (non-hydrogen) atoms. The minimum Gasteiger partial charge on any atom is -0.481 e. The van der Waals surface area contributed by atoms with E-state index in [1.54, 1.807) is 43.6 Å². The zero-order valence-electron chi connectivity index (χ0n) is 14.4. The molecular weight excluding hydrogens is 314 g/mol. The van der Waals surface area contributed by atoms with Crippen molar-refractivity contribution in [1.29, 1.82) is 5.26 Å². The van der Waals surface area contributed by atoms with Crippen molar-refractivity contribution in [2.24, 2.45) is 0 Å². The topological polar surface area (TPSA) is 66.2 Å². The van der Waals surface area contributed by atoms with E-state index in [4.69, 9.17) is 10.00 Å². The molecular formula is C20H21N3O2. The van der Waals surface area contributed by atoms with E-state index in [2.05, 4.69) is 11.1 Å². The molecule has 5 nitrogen and oxygen atoms in total. The highest BCUT2D eigenvalue weighted by Crippen LogP contribution is 2.35. The van der Waals surface area contributed by atoms with Crippen LogP contribution in [0.25, 0.3) is 0 Å². The number of nitriles is 1. The lowest BCUT2D eigenvalue weighted by Crippen LogP contribution is -2.43. The van der Waals surface area contributed by atoms with Crippen molar-refractivity contribution in [3.63, 3.8) is 0 Å². The maximum atomic E-state index is 13.0. The quantitative estimate of drug-likeness (QED) is 0.811. The van der Waals surface area contributed by atoms with E-state index in [1.165, 1.54) is 0 Å². The zero-order chi connectivity index (χ0) is 17.8. The lowest BCUT2D eigenvalue weighted by atomic mass is 10.1. The van der Waals surface area contributed by atoms with E-state index >= 15 is 0 Å². The van der Waals surface area contributed by atoms with Crippen molar-refractivity contribution >= 4 is 5.91 Å². The molecule has 0 radical (unpaired) electrons. The van der Waals surface area contributed by atoms with Gasteiger partial charge in [0.2, 0.25) is 0 Å². The lowest BCUT2D eigenvalue weighted by Gasteiger charge is -2.32. The highest BCUT2D eigenvalue weighted by Gasteiger charge is 2.38. The second-order valence-electron chi connectivity index (χ2n) is 6.34. The molecule has 1 aliphatic carbocycles. The van der Waals surface area contributed by atoms with Crippen molar-refractivity contribution < 1.29 is 9.53 Å². The van der Waals surface area contributed by atoms with E-state index in [0.29, 0.717) is 11.3 Å². The van der Waals surface area contributed by atoms with Crippen LogP contribution >= 0.6 is 0 Å². The van der Waals surface area contributed by atoms with E-state index in [-0.39, 0.29) is 18.0 Å². The average Bonchev–Trinajstić information content (AvgIpc) is 3.48. The molecule has 0 unspecified atom stereocenters. The zero-order valence-corrected chi connectivity index (χ0v) is 14.4. The van der Waals surface area contributed by atoms with Crippen molar-refractivity contribution in [2.45, 2.75) is 44.9 Å². The summed E-state index contributed by atoms with van der Waals surface area (Å²) in [4.78, 5) is 19.1. The molecule has 0 N–H and O–H groups in total. The molecule has 5 heteroatoms. The maximum absolute atomic E-state index is 13.0. The smallest absolute Gasteiger partial charge is 0.264 e. The van der Waals surface area contributed by atoms with Crippen LogP contribution in [0, 0.1) is 11.3 Å². The first kappa shape index (κ1) is 17.0. The molecule has 1 aromatic heterocycles. The number of rotatable bonds is 6. The van der Waals surface area contributed by atoms with Gasteiger partial charge in [0.05, 0.1) is 17.7 Å². The molecule has 1 heterocycles. The first-order valence-corrected chi connectivity index (χ1v) is 8.49. The Morgan fingerprint density at radius 3 is 2.56 bits per heavy atom. The van der Waals surface area contributed by atoms with E-state index in [0.717, 1.165) is 18.4 Å². The van der Waals surface area contributed by atoms with Crippen LogP contribution in [0.4, 0.5) is 0 Å². The van der Waals surface area contributed by atoms with Gasteiger partial charge in [0, 0.05) is 18.4 Å². The Balaban J connectivity index is 1.72. The van der Waals surface area contributed by atoms with Gasteiger partial charge in [-0.25, -0.2) is 0 Å². The van der Waals surface area contributed by atoms with Gasteiger partial charge in [-0.1, -0.05) is 6.07 Å². The van der Waals surface area contributed by atoms with Crippen LogP contribution in [-0.4, -0.2) is 27.9 Å². The molecule has 2 atom stereocenters. The molecule has 0 aliphatic heterocycles. The third-order valence-electron chi connectivity index (χ3n) is 4.42. The number of aromatic nitrogens is 1. The molecule has 0 bridgehead atoms. The summed E-state index contributed by atoms with van der Waals surface area (Å²) >= 11 is 0. The number of hydrogen-bond acceptors (Lipinski definition) is 4. The average molecular weight is 335 g/mol. The molecule has 3 rings (SSSR count). The third kappa shape index (κ3) is 3.97. The fourth-order valence-electron chi connectivity index (χ4n) is 2.90. The number of carbonyl (C=O) groups is 1. The van der Waals surface area contributed by atoms with E-state index < -0.39 is 6.10 Å². The normalized spacial score (nSPS) is 15.7. The Bertz CT molecular complexity index is 764. The summed E-state index contributed by atoms with van der Waals surface area (Å²) in [5, 5.41) is 8.85. The number of amides is 1. The van der Waals surface area contributed by atoms with Crippen molar-refractivity contribution in [1.82, 2.24) is 9.88 Å². The van der Waals surface area contributed by atoms with Gasteiger partial charge in [-0.3, -0.25) is 9.78 Å². The standard InChI is InChI=1S/C20H21N3O2/c1-14(17-4-3-11-22-13-17)23(18-7-8-18)20(24)15(2)25-19-9-5-16(12-21)6-10-19/h3-6,9-11,13-15,18H,7-8H2,1-2H3/t14-,15-/m0/s1. The van der Waals surface area contributed by atoms with Gasteiger partial charge in [0.25, 0.3) is 5.91 Å². The summed E-state index contributed by atoms with van der Waals surface area (Å²) in [5.41, 5.74) is 1.59. The summed E-state index contributed by atoms with van der Waals surface area (Å²) in [5.74, 6) is 0.563. The van der Waals surface area contributed by atoms with Crippen LogP contribution in [0.5, 0.6) is 5.75 Å². The fraction of sp³-hybridized carbons (Fsp3) is 0.350. The molecule has 1 saturated carbocycles. The molecule has 1 aliphatic rings. The molecule has 0 saturated heterocycles. The highest BCUT2D eigenvalue weighted by atomic mass is 16.5. The second kappa shape index (κ2) is 7.35. The number of nitrogens with zero attached hydrogens (tertiary/aromatic N) is 3. The number of hydrogen-bond donors (Lipinski definition) is 0. The van der Waals surface area contributed by atoms with Crippen LogP contribution < -0.4 is 4.74 Å². The van der Waals surface area contributed by atoms with Gasteiger partial charge < -0.3 is 9.64 Å². The first-order valence-electron chi connectivity index (χ1n) is 8.49. The van der Waals surface area contributed by atoms with Gasteiger partial charge in [-0.15, -0.1) is 0 Å². The van der Waals surface area contributed by atoms with E-state index in [9.17, 15) is 4.79 Å². The Kier molecular flexibility index (Phi) is 4.99. The van der Waals surface area contributed by atoms with Crippen molar-refractivity contribution in [3.8, 4) is 11.8 Å². The van der Waals surface area contributed by atoms with Crippen molar-refractivity contribution in [3.05, 3.63) is 59.9 Å². The second-order valence-corrected chi connectivity index (χ2v) is 6.34. The maximum Gasteiger partial charge on any atom is 0.264 e. The molecule has 2 aromatic rings. The number of pyridine rings is 1. The minimum absolute atomic E-state index is 0.0248. The predicted molar refractivity (Wildman–Crippen MR) is 93.8 cm³/mol. The van der Waals surface area contributed by atoms with E-state index in [1.807, 2.05) is 24.0 Å². The molecule has 1 amide bonds. The predicted octanol–water partition coefficient (Wildman–Crippen LogP) is 3.47. The Hall–Kier alpha value is -2.87. The summed E-state index contributed by atoms with van der Waals surface area (Å²) in [6.45, 7) is 3.80. The van der Waals surface area contributed by atoms with Gasteiger partial charge in [-0.2, -0.15) is 5.26 Å². The Labute approximate surface area is 147 Å². The fourth-order valence-corrected chi connectivity index (χ4v) is 2.90. The summed E-state index contributed by atoms with van der Waals surface area (Å²) in [7, 11) is 0. The number of ether oxygens (including phenoxy) is 1. The number of carbonyl (C=O) groups excluding carboxylic acids is 1. The minimum atomic E-state index is -0.590. The largest absolute Gasteiger partial charge is 0.481 e. The molecule has 0 spiro atoms.